The first kappa shape index (κ1) is 19.4. The minimum absolute atomic E-state index is 0.123. The first-order valence-corrected chi connectivity index (χ1v) is 9.21. The molecule has 28 heavy (non-hydrogen) atoms. The number of carbonyl (C=O) groups excluding carboxylic acids is 2. The highest BCUT2D eigenvalue weighted by Crippen LogP contribution is 2.27. The van der Waals surface area contributed by atoms with Crippen LogP contribution in [0.1, 0.15) is 28.4 Å². The molecule has 0 aliphatic heterocycles. The lowest BCUT2D eigenvalue weighted by atomic mass is 10.0. The van der Waals surface area contributed by atoms with E-state index in [-0.39, 0.29) is 11.8 Å². The number of nitrogens with zero attached hydrogens (tertiary/aromatic N) is 2. The highest BCUT2D eigenvalue weighted by molar-refractivity contribution is 6.00. The van der Waals surface area contributed by atoms with Crippen molar-refractivity contribution in [2.45, 2.75) is 20.8 Å². The Balaban J connectivity index is 1.95. The lowest BCUT2D eigenvalue weighted by molar-refractivity contribution is -0.118. The highest BCUT2D eigenvalue weighted by Gasteiger charge is 2.19. The molecule has 0 spiro atoms. The molecule has 6 heteroatoms. The fraction of sp³-hybridized carbons (Fsp3) is 0.227. The number of aromatic nitrogens is 2. The summed E-state index contributed by atoms with van der Waals surface area (Å²) in [5.41, 5.74) is 5.16. The van der Waals surface area contributed by atoms with Gasteiger partial charge in [-0.3, -0.25) is 9.59 Å². The lowest BCUT2D eigenvalue weighted by Crippen LogP contribution is -2.33. The molecule has 1 aromatic heterocycles. The molecular weight excluding hydrogens is 352 g/mol. The summed E-state index contributed by atoms with van der Waals surface area (Å²) >= 11 is 0. The lowest BCUT2D eigenvalue weighted by Gasteiger charge is -2.08. The second-order valence-corrected chi connectivity index (χ2v) is 6.73. The molecule has 3 rings (SSSR count). The second-order valence-electron chi connectivity index (χ2n) is 6.73. The molecule has 0 unspecified atom stereocenters. The number of benzene rings is 2. The van der Waals surface area contributed by atoms with Gasteiger partial charge in [-0.2, -0.15) is 5.10 Å². The molecular formula is C22H24N4O2. The van der Waals surface area contributed by atoms with E-state index in [1.54, 1.807) is 10.9 Å². The molecule has 2 aromatic carbocycles. The van der Waals surface area contributed by atoms with Crippen LogP contribution in [0.4, 0.5) is 0 Å². The van der Waals surface area contributed by atoms with Gasteiger partial charge in [0, 0.05) is 31.8 Å². The third-order valence-corrected chi connectivity index (χ3v) is 4.40. The van der Waals surface area contributed by atoms with Crippen LogP contribution in [0.5, 0.6) is 0 Å². The topological polar surface area (TPSA) is 76.0 Å². The van der Waals surface area contributed by atoms with Crippen molar-refractivity contribution in [3.8, 4) is 16.9 Å². The van der Waals surface area contributed by atoms with Crippen LogP contribution >= 0.6 is 0 Å². The molecule has 0 aliphatic rings. The predicted molar refractivity (Wildman–Crippen MR) is 109 cm³/mol. The van der Waals surface area contributed by atoms with Gasteiger partial charge in [0.2, 0.25) is 5.91 Å². The summed E-state index contributed by atoms with van der Waals surface area (Å²) in [7, 11) is 0. The smallest absolute Gasteiger partial charge is 0.255 e. The standard InChI is InChI=1S/C22H24N4O2/c1-15-9-10-19(16(2)13-15)21-20(22(28)24-12-11-23-17(3)27)14-26(25-21)18-7-5-4-6-8-18/h4-10,13-14H,11-12H2,1-3H3,(H,23,27)(H,24,28). The fourth-order valence-electron chi connectivity index (χ4n) is 3.04. The van der Waals surface area contributed by atoms with Gasteiger partial charge in [0.25, 0.3) is 5.91 Å². The van der Waals surface area contributed by atoms with Crippen LogP contribution in [0.15, 0.2) is 54.7 Å². The van der Waals surface area contributed by atoms with Crippen molar-refractivity contribution in [2.75, 3.05) is 13.1 Å². The summed E-state index contributed by atoms with van der Waals surface area (Å²) < 4.78 is 1.72. The molecule has 0 bridgehead atoms. The van der Waals surface area contributed by atoms with Crippen LogP contribution in [-0.4, -0.2) is 34.7 Å². The molecule has 0 saturated carbocycles. The van der Waals surface area contributed by atoms with Gasteiger partial charge < -0.3 is 10.6 Å². The van der Waals surface area contributed by atoms with Crippen LogP contribution in [-0.2, 0) is 4.79 Å². The zero-order valence-corrected chi connectivity index (χ0v) is 16.3. The number of aryl methyl sites for hydroxylation is 2. The van der Waals surface area contributed by atoms with Crippen LogP contribution in [0, 0.1) is 13.8 Å². The Labute approximate surface area is 164 Å². The van der Waals surface area contributed by atoms with Gasteiger partial charge in [-0.15, -0.1) is 0 Å². The Morgan fingerprint density at radius 3 is 2.39 bits per heavy atom. The summed E-state index contributed by atoms with van der Waals surface area (Å²) in [6.45, 7) is 6.23. The van der Waals surface area contributed by atoms with E-state index < -0.39 is 0 Å². The summed E-state index contributed by atoms with van der Waals surface area (Å²) in [6.07, 6.45) is 1.75. The van der Waals surface area contributed by atoms with Crippen LogP contribution in [0.3, 0.4) is 0 Å². The maximum Gasteiger partial charge on any atom is 0.255 e. The van der Waals surface area contributed by atoms with Gasteiger partial charge in [0.15, 0.2) is 0 Å². The van der Waals surface area contributed by atoms with Gasteiger partial charge in [-0.05, 0) is 31.5 Å². The summed E-state index contributed by atoms with van der Waals surface area (Å²) in [6, 6.07) is 15.8. The van der Waals surface area contributed by atoms with Gasteiger partial charge >= 0.3 is 0 Å². The van der Waals surface area contributed by atoms with Crippen molar-refractivity contribution in [1.29, 1.82) is 0 Å². The van der Waals surface area contributed by atoms with E-state index in [9.17, 15) is 9.59 Å². The average molecular weight is 376 g/mol. The van der Waals surface area contributed by atoms with Crippen molar-refractivity contribution in [2.24, 2.45) is 0 Å². The molecule has 6 nitrogen and oxygen atoms in total. The first-order valence-electron chi connectivity index (χ1n) is 9.21. The zero-order valence-electron chi connectivity index (χ0n) is 16.3. The van der Waals surface area contributed by atoms with Crippen LogP contribution in [0.2, 0.25) is 0 Å². The number of carbonyl (C=O) groups is 2. The van der Waals surface area contributed by atoms with E-state index in [0.717, 1.165) is 22.4 Å². The van der Waals surface area contributed by atoms with Crippen LogP contribution < -0.4 is 10.6 Å². The third-order valence-electron chi connectivity index (χ3n) is 4.40. The zero-order chi connectivity index (χ0) is 20.1. The Morgan fingerprint density at radius 1 is 1.00 bits per heavy atom. The third kappa shape index (κ3) is 4.46. The maximum absolute atomic E-state index is 12.8. The molecule has 2 N–H and O–H groups in total. The van der Waals surface area contributed by atoms with E-state index in [1.165, 1.54) is 6.92 Å². The fourth-order valence-corrected chi connectivity index (χ4v) is 3.04. The van der Waals surface area contributed by atoms with Gasteiger partial charge in [0.1, 0.15) is 5.69 Å². The Bertz CT molecular complexity index is 993. The second kappa shape index (κ2) is 8.52. The van der Waals surface area contributed by atoms with E-state index in [1.807, 2.05) is 56.3 Å². The average Bonchev–Trinajstić information content (AvgIpc) is 3.11. The minimum Gasteiger partial charge on any atom is -0.355 e. The first-order chi connectivity index (χ1) is 13.5. The van der Waals surface area contributed by atoms with Gasteiger partial charge in [-0.25, -0.2) is 4.68 Å². The molecule has 2 amide bonds. The summed E-state index contributed by atoms with van der Waals surface area (Å²) in [4.78, 5) is 23.8. The maximum atomic E-state index is 12.8. The van der Waals surface area contributed by atoms with Crippen molar-refractivity contribution < 1.29 is 9.59 Å². The molecule has 0 radical (unpaired) electrons. The largest absolute Gasteiger partial charge is 0.355 e. The number of para-hydroxylation sites is 1. The SMILES string of the molecule is CC(=O)NCCNC(=O)c1cn(-c2ccccc2)nc1-c1ccc(C)cc1C. The number of nitrogens with one attached hydrogen (secondary N) is 2. The van der Waals surface area contributed by atoms with Crippen molar-refractivity contribution in [1.82, 2.24) is 20.4 Å². The molecule has 3 aromatic rings. The van der Waals surface area contributed by atoms with E-state index >= 15 is 0 Å². The molecule has 144 valence electrons. The number of rotatable bonds is 6. The monoisotopic (exact) mass is 376 g/mol. The molecule has 0 atom stereocenters. The number of hydrogen-bond donors (Lipinski definition) is 2. The molecule has 1 heterocycles. The Kier molecular flexibility index (Phi) is 5.89. The molecule has 0 aliphatic carbocycles. The van der Waals surface area contributed by atoms with Crippen molar-refractivity contribution in [3.63, 3.8) is 0 Å². The molecule has 0 saturated heterocycles. The quantitative estimate of drug-likeness (QED) is 0.649. The highest BCUT2D eigenvalue weighted by atomic mass is 16.2. The van der Waals surface area contributed by atoms with Crippen molar-refractivity contribution >= 4 is 11.8 Å². The van der Waals surface area contributed by atoms with Crippen molar-refractivity contribution in [3.05, 3.63) is 71.4 Å². The van der Waals surface area contributed by atoms with Crippen LogP contribution in [0.25, 0.3) is 16.9 Å². The van der Waals surface area contributed by atoms with E-state index in [4.69, 9.17) is 5.10 Å². The predicted octanol–water partition coefficient (Wildman–Crippen LogP) is 3.02. The Hall–Kier alpha value is -3.41. The Morgan fingerprint density at radius 2 is 1.71 bits per heavy atom. The summed E-state index contributed by atoms with van der Waals surface area (Å²) in [5, 5.41) is 10.2. The number of amides is 2. The minimum atomic E-state index is -0.220. The number of hydrogen-bond acceptors (Lipinski definition) is 3. The molecule has 0 fully saturated rings. The summed E-state index contributed by atoms with van der Waals surface area (Å²) in [5.74, 6) is -0.343. The van der Waals surface area contributed by atoms with E-state index in [0.29, 0.717) is 24.3 Å². The normalized spacial score (nSPS) is 10.5. The van der Waals surface area contributed by atoms with Gasteiger partial charge in [0.05, 0.1) is 11.3 Å². The van der Waals surface area contributed by atoms with Gasteiger partial charge in [-0.1, -0.05) is 42.0 Å². The van der Waals surface area contributed by atoms with E-state index in [2.05, 4.69) is 16.7 Å².